The van der Waals surface area contributed by atoms with Crippen LogP contribution in [0, 0.1) is 0 Å². The first-order valence-electron chi connectivity index (χ1n) is 12.2. The molecule has 0 radical (unpaired) electrons. The Morgan fingerprint density at radius 1 is 1.00 bits per heavy atom. The maximum Gasteiger partial charge on any atom is 0.330 e. The molecule has 3 atom stereocenters. The van der Waals surface area contributed by atoms with Crippen LogP contribution in [0.5, 0.6) is 0 Å². The predicted octanol–water partition coefficient (Wildman–Crippen LogP) is 0.680. The third kappa shape index (κ3) is 4.88. The summed E-state index contributed by atoms with van der Waals surface area (Å²) < 4.78 is 5.17. The van der Waals surface area contributed by atoms with Gasteiger partial charge in [0.25, 0.3) is 17.7 Å². The fourth-order valence-corrected chi connectivity index (χ4v) is 4.81. The Morgan fingerprint density at radius 3 is 2.22 bits per heavy atom. The smallest absolute Gasteiger partial charge is 0.330 e. The first-order chi connectivity index (χ1) is 17.2. The summed E-state index contributed by atoms with van der Waals surface area (Å²) in [7, 11) is 0. The van der Waals surface area contributed by atoms with Crippen molar-refractivity contribution in [2.24, 2.45) is 0 Å². The molecule has 2 fully saturated rings. The summed E-state index contributed by atoms with van der Waals surface area (Å²) >= 11 is 0. The molecule has 1 aromatic rings. The van der Waals surface area contributed by atoms with Gasteiger partial charge in [0.1, 0.15) is 12.1 Å². The summed E-state index contributed by atoms with van der Waals surface area (Å²) in [5.41, 5.74) is 0.405. The second-order valence-corrected chi connectivity index (χ2v) is 9.34. The highest BCUT2D eigenvalue weighted by molar-refractivity contribution is 6.23. The van der Waals surface area contributed by atoms with Gasteiger partial charge in [-0.15, -0.1) is 0 Å². The minimum atomic E-state index is -1.17. The molecule has 4 rings (SSSR count). The van der Waals surface area contributed by atoms with Gasteiger partial charge in [-0.2, -0.15) is 0 Å². The van der Waals surface area contributed by atoms with Gasteiger partial charge in [-0.05, 0) is 58.3 Å². The van der Waals surface area contributed by atoms with Crippen LogP contribution >= 0.6 is 0 Å². The first-order valence-corrected chi connectivity index (χ1v) is 12.2. The molecule has 0 aliphatic carbocycles. The highest BCUT2D eigenvalue weighted by Gasteiger charge is 2.47. The van der Waals surface area contributed by atoms with E-state index in [-0.39, 0.29) is 29.9 Å². The largest absolute Gasteiger partial charge is 0.442 e. The van der Waals surface area contributed by atoms with Crippen molar-refractivity contribution < 1.29 is 33.5 Å². The fourth-order valence-electron chi connectivity index (χ4n) is 4.81. The maximum atomic E-state index is 13.1. The van der Waals surface area contributed by atoms with E-state index in [1.165, 1.54) is 19.1 Å². The highest BCUT2D eigenvalue weighted by Crippen LogP contribution is 2.29. The minimum absolute atomic E-state index is 0.00553. The van der Waals surface area contributed by atoms with E-state index in [1.807, 2.05) is 0 Å². The molecule has 3 aliphatic rings. The molecule has 3 aliphatic heterocycles. The van der Waals surface area contributed by atoms with Gasteiger partial charge in [-0.1, -0.05) is 18.6 Å². The van der Waals surface area contributed by atoms with E-state index in [2.05, 4.69) is 10.2 Å². The van der Waals surface area contributed by atoms with Crippen LogP contribution < -0.4 is 5.32 Å². The van der Waals surface area contributed by atoms with Gasteiger partial charge in [0.15, 0.2) is 6.73 Å². The molecule has 0 aromatic heterocycles. The lowest BCUT2D eigenvalue weighted by Gasteiger charge is -2.34. The molecule has 3 heterocycles. The molecule has 11 nitrogen and oxygen atoms in total. The molecule has 11 heteroatoms. The van der Waals surface area contributed by atoms with Gasteiger partial charge >= 0.3 is 5.97 Å². The molecule has 36 heavy (non-hydrogen) atoms. The summed E-state index contributed by atoms with van der Waals surface area (Å²) in [5, 5.41) is 2.62. The number of amides is 5. The second-order valence-electron chi connectivity index (χ2n) is 9.34. The Kier molecular flexibility index (Phi) is 7.48. The van der Waals surface area contributed by atoms with Crippen molar-refractivity contribution in [3.05, 3.63) is 35.4 Å². The number of fused-ring (bicyclic) bond motifs is 1. The van der Waals surface area contributed by atoms with E-state index >= 15 is 0 Å². The van der Waals surface area contributed by atoms with Crippen molar-refractivity contribution >= 4 is 35.5 Å². The lowest BCUT2D eigenvalue weighted by atomic mass is 10.0. The molecule has 2 saturated heterocycles. The summed E-state index contributed by atoms with van der Waals surface area (Å²) in [6, 6.07) is 3.71. The second kappa shape index (κ2) is 10.6. The Bertz CT molecular complexity index is 1060. The third-order valence-electron chi connectivity index (χ3n) is 6.99. The molecule has 1 N–H and O–H groups in total. The summed E-state index contributed by atoms with van der Waals surface area (Å²) in [4.78, 5) is 79.8. The van der Waals surface area contributed by atoms with Crippen LogP contribution in [0.25, 0.3) is 0 Å². The Labute approximate surface area is 208 Å². The number of rotatable bonds is 7. The van der Waals surface area contributed by atoms with E-state index in [4.69, 9.17) is 4.74 Å². The van der Waals surface area contributed by atoms with Gasteiger partial charge in [-0.25, -0.2) is 9.69 Å². The average molecular weight is 499 g/mol. The highest BCUT2D eigenvalue weighted by atomic mass is 16.5. The van der Waals surface area contributed by atoms with Crippen molar-refractivity contribution in [3.63, 3.8) is 0 Å². The van der Waals surface area contributed by atoms with E-state index < -0.39 is 54.5 Å². The molecule has 0 spiro atoms. The van der Waals surface area contributed by atoms with Crippen molar-refractivity contribution in [1.29, 1.82) is 0 Å². The van der Waals surface area contributed by atoms with Gasteiger partial charge < -0.3 is 10.1 Å². The zero-order chi connectivity index (χ0) is 26.0. The van der Waals surface area contributed by atoms with Crippen molar-refractivity contribution in [1.82, 2.24) is 20.0 Å². The number of piperidine rings is 2. The summed E-state index contributed by atoms with van der Waals surface area (Å²) in [6.45, 7) is 4.22. The van der Waals surface area contributed by atoms with Gasteiger partial charge in [0, 0.05) is 6.42 Å². The van der Waals surface area contributed by atoms with Crippen LogP contribution in [0.2, 0.25) is 0 Å². The number of carbonyl (C=O) groups excluding carboxylic acids is 6. The van der Waals surface area contributed by atoms with E-state index in [0.717, 1.165) is 42.2 Å². The molecule has 1 unspecified atom stereocenters. The number of imide groups is 2. The lowest BCUT2D eigenvalue weighted by molar-refractivity contribution is -0.165. The van der Waals surface area contributed by atoms with E-state index in [1.54, 1.807) is 19.1 Å². The van der Waals surface area contributed by atoms with Gasteiger partial charge in [0.05, 0.1) is 17.2 Å². The topological polar surface area (TPSA) is 133 Å². The number of hydrogen-bond acceptors (Lipinski definition) is 8. The van der Waals surface area contributed by atoms with Crippen LogP contribution in [0.4, 0.5) is 0 Å². The van der Waals surface area contributed by atoms with Crippen molar-refractivity contribution in [2.75, 3.05) is 19.8 Å². The Hall–Kier alpha value is -3.60. The van der Waals surface area contributed by atoms with E-state index in [9.17, 15) is 28.8 Å². The summed E-state index contributed by atoms with van der Waals surface area (Å²) in [5.74, 6) is -3.67. The monoisotopic (exact) mass is 498 g/mol. The van der Waals surface area contributed by atoms with E-state index in [0.29, 0.717) is 0 Å². The maximum absolute atomic E-state index is 13.1. The number of carbonyl (C=O) groups is 6. The van der Waals surface area contributed by atoms with Crippen LogP contribution in [0.15, 0.2) is 24.3 Å². The molecule has 192 valence electrons. The Balaban J connectivity index is 1.34. The molecular formula is C25H30N4O7. The van der Waals surface area contributed by atoms with Gasteiger partial charge in [-0.3, -0.25) is 33.8 Å². The SMILES string of the molecule is CC(C(=O)N[C@@H](C)C(=O)OCN1C(=O)CC[C@H](N2C(=O)c3ccccc3C2=O)C1=O)N1CCCCC1. The quantitative estimate of drug-likeness (QED) is 0.429. The zero-order valence-electron chi connectivity index (χ0n) is 20.4. The van der Waals surface area contributed by atoms with Crippen molar-refractivity contribution in [2.45, 2.75) is 64.1 Å². The van der Waals surface area contributed by atoms with Crippen LogP contribution in [-0.2, 0) is 23.9 Å². The molecule has 1 aromatic carbocycles. The van der Waals surface area contributed by atoms with Crippen LogP contribution in [-0.4, -0.2) is 88.2 Å². The number of nitrogens with one attached hydrogen (secondary N) is 1. The zero-order valence-corrected chi connectivity index (χ0v) is 20.4. The number of likely N-dealkylation sites (tertiary alicyclic amines) is 2. The van der Waals surface area contributed by atoms with Gasteiger partial charge in [0.2, 0.25) is 11.8 Å². The van der Waals surface area contributed by atoms with Crippen molar-refractivity contribution in [3.8, 4) is 0 Å². The Morgan fingerprint density at radius 2 is 1.61 bits per heavy atom. The number of benzene rings is 1. The molecule has 5 amide bonds. The fraction of sp³-hybridized carbons (Fsp3) is 0.520. The average Bonchev–Trinajstić information content (AvgIpc) is 3.13. The van der Waals surface area contributed by atoms with Crippen LogP contribution in [0.3, 0.4) is 0 Å². The molecule has 0 bridgehead atoms. The normalized spacial score (nSPS) is 22.3. The lowest BCUT2D eigenvalue weighted by Crippen LogP contribution is -2.57. The predicted molar refractivity (Wildman–Crippen MR) is 125 cm³/mol. The number of hydrogen-bond donors (Lipinski definition) is 1. The molecular weight excluding hydrogens is 468 g/mol. The van der Waals surface area contributed by atoms with Crippen LogP contribution in [0.1, 0.15) is 66.7 Å². The third-order valence-corrected chi connectivity index (χ3v) is 6.99. The standard InChI is InChI=1S/C25H30N4O7/c1-15(26-21(31)16(2)27-12-6-3-7-13-27)25(35)36-14-28-20(30)11-10-19(24(28)34)29-22(32)17-8-4-5-9-18(17)23(29)33/h4-5,8-9,15-16,19H,3,6-7,10-14H2,1-2H3,(H,26,31)/t15-,16?,19-/m0/s1. The number of nitrogens with zero attached hydrogens (tertiary/aromatic N) is 3. The number of esters is 1. The summed E-state index contributed by atoms with van der Waals surface area (Å²) in [6.07, 6.45) is 3.08. The first kappa shape index (κ1) is 25.5. The minimum Gasteiger partial charge on any atom is -0.442 e. The molecule has 0 saturated carbocycles. The number of ether oxygens (including phenoxy) is 1.